The Morgan fingerprint density at radius 1 is 1.64 bits per heavy atom. The standard InChI is InChI=1S/C7H9ClN2O/c1-10-6-2-3-11-4-5(6)7(8)9-10/h2-4H2,1H3. The topological polar surface area (TPSA) is 27.1 Å². The summed E-state index contributed by atoms with van der Waals surface area (Å²) in [5, 5.41) is 4.68. The van der Waals surface area contributed by atoms with Crippen molar-refractivity contribution in [2.75, 3.05) is 6.61 Å². The van der Waals surface area contributed by atoms with Gasteiger partial charge in [-0.3, -0.25) is 4.68 Å². The summed E-state index contributed by atoms with van der Waals surface area (Å²) in [7, 11) is 1.91. The van der Waals surface area contributed by atoms with E-state index < -0.39 is 0 Å². The van der Waals surface area contributed by atoms with Gasteiger partial charge in [0, 0.05) is 24.7 Å². The number of ether oxygens (including phenoxy) is 1. The molecule has 0 aromatic carbocycles. The fourth-order valence-corrected chi connectivity index (χ4v) is 1.64. The molecule has 0 spiro atoms. The third kappa shape index (κ3) is 1.04. The van der Waals surface area contributed by atoms with Gasteiger partial charge >= 0.3 is 0 Å². The van der Waals surface area contributed by atoms with E-state index in [1.165, 1.54) is 5.69 Å². The highest BCUT2D eigenvalue weighted by Crippen LogP contribution is 2.23. The van der Waals surface area contributed by atoms with Crippen LogP contribution < -0.4 is 0 Å². The Morgan fingerprint density at radius 3 is 3.18 bits per heavy atom. The fraction of sp³-hybridized carbons (Fsp3) is 0.571. The maximum absolute atomic E-state index is 5.85. The molecule has 0 radical (unpaired) electrons. The zero-order valence-corrected chi connectivity index (χ0v) is 7.06. The SMILES string of the molecule is Cn1nc(Cl)c2c1CCOC2. The average molecular weight is 173 g/mol. The molecular weight excluding hydrogens is 164 g/mol. The Labute approximate surface area is 69.9 Å². The van der Waals surface area contributed by atoms with Gasteiger partial charge in [-0.15, -0.1) is 0 Å². The van der Waals surface area contributed by atoms with Crippen LogP contribution in [-0.4, -0.2) is 16.4 Å². The van der Waals surface area contributed by atoms with E-state index in [-0.39, 0.29) is 0 Å². The molecule has 0 aliphatic carbocycles. The molecule has 0 amide bonds. The summed E-state index contributed by atoms with van der Waals surface area (Å²) >= 11 is 5.85. The van der Waals surface area contributed by atoms with Crippen molar-refractivity contribution < 1.29 is 4.74 Å². The van der Waals surface area contributed by atoms with Crippen LogP contribution in [0.5, 0.6) is 0 Å². The third-order valence-electron chi connectivity index (χ3n) is 1.96. The zero-order chi connectivity index (χ0) is 7.84. The van der Waals surface area contributed by atoms with Gasteiger partial charge in [0.15, 0.2) is 5.15 Å². The van der Waals surface area contributed by atoms with Crippen LogP contribution in [0.4, 0.5) is 0 Å². The lowest BCUT2D eigenvalue weighted by atomic mass is 10.2. The Morgan fingerprint density at radius 2 is 2.45 bits per heavy atom. The van der Waals surface area contributed by atoms with Crippen molar-refractivity contribution >= 4 is 11.6 Å². The van der Waals surface area contributed by atoms with Gasteiger partial charge < -0.3 is 4.74 Å². The van der Waals surface area contributed by atoms with Crippen LogP contribution in [0.2, 0.25) is 5.15 Å². The van der Waals surface area contributed by atoms with Gasteiger partial charge in [0.25, 0.3) is 0 Å². The van der Waals surface area contributed by atoms with E-state index in [1.54, 1.807) is 0 Å². The summed E-state index contributed by atoms with van der Waals surface area (Å²) in [5.41, 5.74) is 2.27. The monoisotopic (exact) mass is 172 g/mol. The fourth-order valence-electron chi connectivity index (χ4n) is 1.37. The lowest BCUT2D eigenvalue weighted by Gasteiger charge is -2.12. The Bertz CT molecular complexity index is 256. The van der Waals surface area contributed by atoms with Gasteiger partial charge in [-0.2, -0.15) is 5.10 Å². The van der Waals surface area contributed by atoms with Crippen molar-refractivity contribution in [2.24, 2.45) is 7.05 Å². The number of fused-ring (bicyclic) bond motifs is 1. The highest BCUT2D eigenvalue weighted by Gasteiger charge is 2.17. The second kappa shape index (κ2) is 2.50. The first-order valence-corrected chi connectivity index (χ1v) is 3.95. The average Bonchev–Trinajstić information content (AvgIpc) is 2.30. The summed E-state index contributed by atoms with van der Waals surface area (Å²) in [6.07, 6.45) is 0.922. The maximum atomic E-state index is 5.85. The van der Waals surface area contributed by atoms with Gasteiger partial charge in [-0.05, 0) is 0 Å². The van der Waals surface area contributed by atoms with Gasteiger partial charge in [-0.25, -0.2) is 0 Å². The summed E-state index contributed by atoms with van der Waals surface area (Å²) in [6.45, 7) is 1.39. The van der Waals surface area contributed by atoms with Gasteiger partial charge in [0.05, 0.1) is 13.2 Å². The molecule has 2 heterocycles. The maximum Gasteiger partial charge on any atom is 0.156 e. The molecule has 1 aromatic rings. The Balaban J connectivity index is 2.52. The molecule has 0 saturated carbocycles. The molecule has 0 fully saturated rings. The molecule has 1 aliphatic heterocycles. The molecule has 11 heavy (non-hydrogen) atoms. The summed E-state index contributed by atoms with van der Waals surface area (Å²) in [4.78, 5) is 0. The van der Waals surface area contributed by atoms with Crippen molar-refractivity contribution in [1.29, 1.82) is 0 Å². The number of hydrogen-bond acceptors (Lipinski definition) is 2. The molecule has 0 unspecified atom stereocenters. The normalized spacial score (nSPS) is 16.5. The van der Waals surface area contributed by atoms with Gasteiger partial charge in [-0.1, -0.05) is 11.6 Å². The molecule has 3 nitrogen and oxygen atoms in total. The van der Waals surface area contributed by atoms with Crippen LogP contribution in [0.25, 0.3) is 0 Å². The van der Waals surface area contributed by atoms with Crippen molar-refractivity contribution in [3.63, 3.8) is 0 Å². The number of hydrogen-bond donors (Lipinski definition) is 0. The van der Waals surface area contributed by atoms with Crippen LogP contribution >= 0.6 is 11.6 Å². The van der Waals surface area contributed by atoms with Crippen LogP contribution in [0.1, 0.15) is 11.3 Å². The van der Waals surface area contributed by atoms with E-state index >= 15 is 0 Å². The van der Waals surface area contributed by atoms with E-state index in [1.807, 2.05) is 11.7 Å². The van der Waals surface area contributed by atoms with Crippen LogP contribution in [-0.2, 0) is 24.8 Å². The lowest BCUT2D eigenvalue weighted by Crippen LogP contribution is -2.11. The predicted octanol–water partition coefficient (Wildman–Crippen LogP) is 1.15. The van der Waals surface area contributed by atoms with Crippen molar-refractivity contribution in [3.05, 3.63) is 16.4 Å². The molecule has 0 atom stereocenters. The van der Waals surface area contributed by atoms with Crippen molar-refractivity contribution in [3.8, 4) is 0 Å². The zero-order valence-electron chi connectivity index (χ0n) is 6.30. The molecule has 60 valence electrons. The van der Waals surface area contributed by atoms with E-state index in [4.69, 9.17) is 16.3 Å². The molecular formula is C7H9ClN2O. The third-order valence-corrected chi connectivity index (χ3v) is 2.26. The van der Waals surface area contributed by atoms with E-state index in [2.05, 4.69) is 5.10 Å². The summed E-state index contributed by atoms with van der Waals surface area (Å²) in [6, 6.07) is 0. The first-order chi connectivity index (χ1) is 5.29. The van der Waals surface area contributed by atoms with Gasteiger partial charge in [0.2, 0.25) is 0 Å². The number of rotatable bonds is 0. The van der Waals surface area contributed by atoms with E-state index in [0.717, 1.165) is 18.6 Å². The lowest BCUT2D eigenvalue weighted by molar-refractivity contribution is 0.109. The highest BCUT2D eigenvalue weighted by atomic mass is 35.5. The molecule has 0 N–H and O–H groups in total. The minimum absolute atomic E-state index is 0.585. The highest BCUT2D eigenvalue weighted by molar-refractivity contribution is 6.30. The first kappa shape index (κ1) is 7.13. The van der Waals surface area contributed by atoms with Crippen LogP contribution in [0, 0.1) is 0 Å². The molecule has 1 aliphatic rings. The Hall–Kier alpha value is -0.540. The second-order valence-corrected chi connectivity index (χ2v) is 3.00. The van der Waals surface area contributed by atoms with Crippen LogP contribution in [0.3, 0.4) is 0 Å². The number of halogens is 1. The molecule has 1 aromatic heterocycles. The smallest absolute Gasteiger partial charge is 0.156 e. The largest absolute Gasteiger partial charge is 0.376 e. The minimum atomic E-state index is 0.585. The molecule has 2 rings (SSSR count). The number of aromatic nitrogens is 2. The van der Waals surface area contributed by atoms with Gasteiger partial charge in [0.1, 0.15) is 0 Å². The first-order valence-electron chi connectivity index (χ1n) is 3.57. The molecule has 0 saturated heterocycles. The van der Waals surface area contributed by atoms with Crippen LogP contribution in [0.15, 0.2) is 0 Å². The quantitative estimate of drug-likeness (QED) is 0.587. The summed E-state index contributed by atoms with van der Waals surface area (Å²) < 4.78 is 7.09. The minimum Gasteiger partial charge on any atom is -0.376 e. The predicted molar refractivity (Wildman–Crippen MR) is 41.6 cm³/mol. The molecule has 0 bridgehead atoms. The second-order valence-electron chi connectivity index (χ2n) is 2.64. The van der Waals surface area contributed by atoms with E-state index in [9.17, 15) is 0 Å². The van der Waals surface area contributed by atoms with Crippen molar-refractivity contribution in [2.45, 2.75) is 13.0 Å². The number of nitrogens with zero attached hydrogens (tertiary/aromatic N) is 2. The molecule has 4 heteroatoms. The number of aryl methyl sites for hydroxylation is 1. The van der Waals surface area contributed by atoms with E-state index in [0.29, 0.717) is 11.8 Å². The van der Waals surface area contributed by atoms with Crippen molar-refractivity contribution in [1.82, 2.24) is 9.78 Å². The Kier molecular flexibility index (Phi) is 1.62. The summed E-state index contributed by atoms with van der Waals surface area (Å²) in [5.74, 6) is 0.